The Morgan fingerprint density at radius 1 is 1.44 bits per heavy atom. The molecule has 0 unspecified atom stereocenters. The molecule has 3 atom stereocenters. The molecule has 1 aromatic carbocycles. The van der Waals surface area contributed by atoms with Crippen LogP contribution in [0.5, 0.6) is 0 Å². The standard InChI is InChI=1S/C22H27BrClN7O/c1-4-17(25)12-7-13(24)9-15(8-12)31-19-16(18(23)30-31)11-27-21(29-19)28-14-5-6-22(2,10-14)20(32)26-3/h7-9,11,14,17H,4-6,10,25H2,1-3H3,(H,26,32)(H,27,28,29)/t14-,17-,22-/m1/s1. The number of benzene rings is 1. The third kappa shape index (κ3) is 4.33. The van der Waals surface area contributed by atoms with Crippen molar-refractivity contribution in [3.63, 3.8) is 0 Å². The summed E-state index contributed by atoms with van der Waals surface area (Å²) in [5.41, 5.74) is 8.24. The summed E-state index contributed by atoms with van der Waals surface area (Å²) in [6, 6.07) is 5.72. The van der Waals surface area contributed by atoms with Crippen molar-refractivity contribution in [1.82, 2.24) is 25.1 Å². The van der Waals surface area contributed by atoms with Crippen LogP contribution in [0.4, 0.5) is 5.95 Å². The molecule has 1 fully saturated rings. The predicted octanol–water partition coefficient (Wildman–Crippen LogP) is 4.36. The van der Waals surface area contributed by atoms with Crippen LogP contribution >= 0.6 is 27.5 Å². The summed E-state index contributed by atoms with van der Waals surface area (Å²) in [4.78, 5) is 21.5. The molecule has 0 aliphatic heterocycles. The van der Waals surface area contributed by atoms with Gasteiger partial charge in [-0.25, -0.2) is 9.67 Å². The van der Waals surface area contributed by atoms with Crippen molar-refractivity contribution in [3.05, 3.63) is 39.6 Å². The number of anilines is 1. The van der Waals surface area contributed by atoms with Gasteiger partial charge in [0.2, 0.25) is 11.9 Å². The van der Waals surface area contributed by atoms with Crippen molar-refractivity contribution < 1.29 is 4.79 Å². The molecule has 170 valence electrons. The number of nitrogens with two attached hydrogens (primary N) is 1. The van der Waals surface area contributed by atoms with Gasteiger partial charge in [0.15, 0.2) is 5.65 Å². The lowest BCUT2D eigenvalue weighted by atomic mass is 9.87. The second-order valence-electron chi connectivity index (χ2n) is 8.61. The average molecular weight is 521 g/mol. The van der Waals surface area contributed by atoms with Crippen LogP contribution in [-0.2, 0) is 4.79 Å². The fourth-order valence-electron chi connectivity index (χ4n) is 4.34. The third-order valence-electron chi connectivity index (χ3n) is 6.25. The van der Waals surface area contributed by atoms with E-state index in [9.17, 15) is 4.79 Å². The van der Waals surface area contributed by atoms with Gasteiger partial charge < -0.3 is 16.4 Å². The molecular formula is C22H27BrClN7O. The van der Waals surface area contributed by atoms with Crippen molar-refractivity contribution in [2.24, 2.45) is 11.1 Å². The monoisotopic (exact) mass is 519 g/mol. The van der Waals surface area contributed by atoms with Gasteiger partial charge in [0.05, 0.1) is 11.1 Å². The minimum absolute atomic E-state index is 0.0715. The number of fused-ring (bicyclic) bond motifs is 1. The normalized spacial score (nSPS) is 21.6. The number of carbonyl (C=O) groups is 1. The minimum atomic E-state index is -0.378. The Balaban J connectivity index is 1.67. The largest absolute Gasteiger partial charge is 0.359 e. The molecule has 1 aliphatic rings. The third-order valence-corrected chi connectivity index (χ3v) is 7.05. The van der Waals surface area contributed by atoms with E-state index < -0.39 is 0 Å². The summed E-state index contributed by atoms with van der Waals surface area (Å²) in [5, 5.41) is 12.2. The number of halogens is 2. The summed E-state index contributed by atoms with van der Waals surface area (Å²) in [6.07, 6.45) is 4.97. The van der Waals surface area contributed by atoms with Gasteiger partial charge in [0.25, 0.3) is 0 Å². The SMILES string of the molecule is CC[C@@H](N)c1cc(Cl)cc(-n2nc(Br)c3cnc(N[C@@H]4CC[C@@](C)(C(=O)NC)C4)nc32)c1. The van der Waals surface area contributed by atoms with Crippen LogP contribution in [-0.4, -0.2) is 38.7 Å². The Bertz CT molecular complexity index is 1170. The highest BCUT2D eigenvalue weighted by molar-refractivity contribution is 9.10. The fraction of sp³-hybridized carbons (Fsp3) is 0.455. The lowest BCUT2D eigenvalue weighted by Crippen LogP contribution is -2.35. The zero-order valence-corrected chi connectivity index (χ0v) is 20.7. The summed E-state index contributed by atoms with van der Waals surface area (Å²) < 4.78 is 2.39. The van der Waals surface area contributed by atoms with Crippen LogP contribution in [0.1, 0.15) is 51.1 Å². The van der Waals surface area contributed by atoms with E-state index in [4.69, 9.17) is 22.3 Å². The van der Waals surface area contributed by atoms with Crippen LogP contribution < -0.4 is 16.4 Å². The number of amides is 1. The van der Waals surface area contributed by atoms with E-state index in [0.717, 1.165) is 42.3 Å². The first-order valence-electron chi connectivity index (χ1n) is 10.7. The Hall–Kier alpha value is -2.23. The Morgan fingerprint density at radius 2 is 2.22 bits per heavy atom. The molecule has 1 saturated carbocycles. The van der Waals surface area contributed by atoms with Crippen LogP contribution in [0.15, 0.2) is 29.0 Å². The topological polar surface area (TPSA) is 111 Å². The highest BCUT2D eigenvalue weighted by Crippen LogP contribution is 2.39. The fourth-order valence-corrected chi connectivity index (χ4v) is 5.02. The lowest BCUT2D eigenvalue weighted by molar-refractivity contribution is -0.129. The van der Waals surface area contributed by atoms with E-state index in [2.05, 4.69) is 36.6 Å². The van der Waals surface area contributed by atoms with Crippen LogP contribution in [0.25, 0.3) is 16.7 Å². The number of hydrogen-bond donors (Lipinski definition) is 3. The molecule has 32 heavy (non-hydrogen) atoms. The number of nitrogens with one attached hydrogen (secondary N) is 2. The van der Waals surface area contributed by atoms with Gasteiger partial charge >= 0.3 is 0 Å². The van der Waals surface area contributed by atoms with Gasteiger partial charge in [0.1, 0.15) is 4.60 Å². The van der Waals surface area contributed by atoms with E-state index in [-0.39, 0.29) is 23.4 Å². The molecule has 0 saturated heterocycles. The van der Waals surface area contributed by atoms with Crippen molar-refractivity contribution in [2.75, 3.05) is 12.4 Å². The highest BCUT2D eigenvalue weighted by Gasteiger charge is 2.40. The summed E-state index contributed by atoms with van der Waals surface area (Å²) in [6.45, 7) is 4.04. The number of rotatable bonds is 6. The molecule has 8 nitrogen and oxygen atoms in total. The first kappa shape index (κ1) is 22.9. The Kier molecular flexibility index (Phi) is 6.42. The van der Waals surface area contributed by atoms with Crippen LogP contribution in [0, 0.1) is 5.41 Å². The second-order valence-corrected chi connectivity index (χ2v) is 9.80. The predicted molar refractivity (Wildman–Crippen MR) is 130 cm³/mol. The van der Waals surface area contributed by atoms with Gasteiger partial charge in [-0.05, 0) is 65.4 Å². The zero-order chi connectivity index (χ0) is 23.0. The van der Waals surface area contributed by atoms with Gasteiger partial charge in [-0.1, -0.05) is 25.4 Å². The Morgan fingerprint density at radius 3 is 2.94 bits per heavy atom. The molecule has 4 rings (SSSR count). The number of nitrogens with zero attached hydrogens (tertiary/aromatic N) is 4. The summed E-state index contributed by atoms with van der Waals surface area (Å²) in [5.74, 6) is 0.576. The van der Waals surface area contributed by atoms with Crippen molar-refractivity contribution in [3.8, 4) is 5.69 Å². The van der Waals surface area contributed by atoms with Crippen molar-refractivity contribution in [1.29, 1.82) is 0 Å². The summed E-state index contributed by atoms with van der Waals surface area (Å²) in [7, 11) is 1.68. The highest BCUT2D eigenvalue weighted by atomic mass is 79.9. The van der Waals surface area contributed by atoms with Gasteiger partial charge in [0, 0.05) is 35.8 Å². The molecule has 1 aliphatic carbocycles. The van der Waals surface area contributed by atoms with Crippen LogP contribution in [0.2, 0.25) is 5.02 Å². The first-order valence-corrected chi connectivity index (χ1v) is 11.9. The molecule has 0 radical (unpaired) electrons. The zero-order valence-electron chi connectivity index (χ0n) is 18.3. The maximum atomic E-state index is 12.2. The van der Waals surface area contributed by atoms with E-state index in [1.165, 1.54) is 0 Å². The molecule has 2 aromatic heterocycles. The molecule has 10 heteroatoms. The molecule has 4 N–H and O–H groups in total. The van der Waals surface area contributed by atoms with Crippen molar-refractivity contribution in [2.45, 2.75) is 51.6 Å². The molecule has 0 spiro atoms. The van der Waals surface area contributed by atoms with E-state index in [0.29, 0.717) is 21.2 Å². The quantitative estimate of drug-likeness (QED) is 0.445. The molecule has 3 aromatic rings. The van der Waals surface area contributed by atoms with Crippen molar-refractivity contribution >= 4 is 50.4 Å². The number of aromatic nitrogens is 4. The smallest absolute Gasteiger partial charge is 0.225 e. The van der Waals surface area contributed by atoms with Gasteiger partial charge in [-0.2, -0.15) is 10.1 Å². The minimum Gasteiger partial charge on any atom is -0.359 e. The average Bonchev–Trinajstić information content (AvgIpc) is 3.32. The first-order chi connectivity index (χ1) is 15.2. The molecule has 0 bridgehead atoms. The second kappa shape index (κ2) is 8.96. The number of hydrogen-bond acceptors (Lipinski definition) is 6. The maximum Gasteiger partial charge on any atom is 0.225 e. The molecule has 2 heterocycles. The summed E-state index contributed by atoms with van der Waals surface area (Å²) >= 11 is 9.89. The lowest BCUT2D eigenvalue weighted by Gasteiger charge is -2.22. The van der Waals surface area contributed by atoms with E-state index in [1.54, 1.807) is 17.9 Å². The molecule has 1 amide bonds. The van der Waals surface area contributed by atoms with Gasteiger partial charge in [-0.15, -0.1) is 0 Å². The van der Waals surface area contributed by atoms with E-state index in [1.807, 2.05) is 32.0 Å². The Labute approximate surface area is 200 Å². The maximum absolute atomic E-state index is 12.2. The number of carbonyl (C=O) groups excluding carboxylic acids is 1. The van der Waals surface area contributed by atoms with Crippen LogP contribution in [0.3, 0.4) is 0 Å². The molecular weight excluding hydrogens is 494 g/mol. The van der Waals surface area contributed by atoms with E-state index >= 15 is 0 Å². The van der Waals surface area contributed by atoms with Gasteiger partial charge in [-0.3, -0.25) is 4.79 Å².